The number of hydrogen-bond acceptors (Lipinski definition) is 0. The molecule has 4 aromatic rings. The number of halogens is 2. The molecule has 8 rings (SSSR count). The maximum atomic E-state index is 5.97. The fourth-order valence-electron chi connectivity index (χ4n) is 11.8. The van der Waals surface area contributed by atoms with Crippen LogP contribution in [0.25, 0.3) is 22.3 Å². The van der Waals surface area contributed by atoms with Gasteiger partial charge < -0.3 is 0 Å². The van der Waals surface area contributed by atoms with E-state index in [4.69, 9.17) is 4.21 Å². The summed E-state index contributed by atoms with van der Waals surface area (Å²) in [5.41, 5.74) is 17.3. The Kier molecular flexibility index (Phi) is 11.2. The minimum absolute atomic E-state index is 0. The summed E-state index contributed by atoms with van der Waals surface area (Å²) >= 11 is -5.07. The van der Waals surface area contributed by atoms with Crippen LogP contribution in [0.4, 0.5) is 0 Å². The average Bonchev–Trinajstić information content (AvgIpc) is 3.89. The Balaban J connectivity index is 0.00000302. The van der Waals surface area contributed by atoms with Crippen LogP contribution in [0.15, 0.2) is 104 Å². The molecule has 0 saturated carbocycles. The van der Waals surface area contributed by atoms with Gasteiger partial charge in [0.2, 0.25) is 0 Å². The molecule has 318 valence electrons. The van der Waals surface area contributed by atoms with Gasteiger partial charge in [-0.2, -0.15) is 0 Å². The molecule has 0 atom stereocenters. The van der Waals surface area contributed by atoms with E-state index in [1.165, 1.54) is 73.3 Å². The van der Waals surface area contributed by atoms with Crippen LogP contribution in [0, 0.1) is 10.8 Å². The molecule has 0 bridgehead atoms. The van der Waals surface area contributed by atoms with E-state index < -0.39 is 18.3 Å². The molecule has 4 aliphatic rings. The molecule has 0 spiro atoms. The van der Waals surface area contributed by atoms with Crippen LogP contribution in [0.1, 0.15) is 162 Å². The second-order valence-electron chi connectivity index (χ2n) is 23.9. The normalized spacial score (nSPS) is 17.9. The number of fused-ring (bicyclic) bond motifs is 5. The molecule has 4 aliphatic carbocycles. The minimum atomic E-state index is -5.07. The van der Waals surface area contributed by atoms with Crippen molar-refractivity contribution in [2.45, 2.75) is 145 Å². The van der Waals surface area contributed by atoms with Gasteiger partial charge in [0.25, 0.3) is 0 Å². The van der Waals surface area contributed by atoms with Gasteiger partial charge >= 0.3 is 356 Å². The SMILES string of the molecule is Cl.Cl.[CH2]=[Zr]([C]1=CC=CC1)([C]1=C(C(C)(C)C)c2cc3c(cc2C1(C)C)Cc1cc2c(cc1-3)C(C(C)(C)C)=CC2(C)C)([c]1ccc(C(C)(C)C)cc1)[c]1ccc(C(C)(C)C)cc1. The molecule has 60 heavy (non-hydrogen) atoms. The monoisotopic (exact) mass is 916 g/mol. The number of allylic oxidation sites excluding steroid dienone is 8. The van der Waals surface area contributed by atoms with E-state index in [9.17, 15) is 0 Å². The van der Waals surface area contributed by atoms with Crippen LogP contribution < -0.4 is 6.54 Å². The van der Waals surface area contributed by atoms with Crippen molar-refractivity contribution in [2.24, 2.45) is 10.8 Å². The van der Waals surface area contributed by atoms with Crippen molar-refractivity contribution in [2.75, 3.05) is 0 Å². The van der Waals surface area contributed by atoms with Gasteiger partial charge in [0.05, 0.1) is 0 Å². The molecule has 4 aromatic carbocycles. The molecule has 0 aliphatic heterocycles. The summed E-state index contributed by atoms with van der Waals surface area (Å²) < 4.78 is 12.0. The van der Waals surface area contributed by atoms with Gasteiger partial charge in [0, 0.05) is 0 Å². The summed E-state index contributed by atoms with van der Waals surface area (Å²) in [6.07, 6.45) is 11.7. The van der Waals surface area contributed by atoms with Crippen LogP contribution in [0.5, 0.6) is 0 Å². The summed E-state index contributed by atoms with van der Waals surface area (Å²) in [7, 11) is 0. The first-order valence-corrected chi connectivity index (χ1v) is 28.7. The van der Waals surface area contributed by atoms with Gasteiger partial charge in [0.15, 0.2) is 0 Å². The third-order valence-corrected chi connectivity index (χ3v) is 32.0. The Morgan fingerprint density at radius 3 is 1.43 bits per heavy atom. The van der Waals surface area contributed by atoms with E-state index >= 15 is 0 Å². The van der Waals surface area contributed by atoms with Gasteiger partial charge in [-0.3, -0.25) is 0 Å². The predicted molar refractivity (Wildman–Crippen MR) is 268 cm³/mol. The van der Waals surface area contributed by atoms with Gasteiger partial charge in [-0.25, -0.2) is 0 Å². The fraction of sp³-hybridized carbons (Fsp3) is 0.421. The molecule has 0 amide bonds. The summed E-state index contributed by atoms with van der Waals surface area (Å²) in [6.45, 7) is 38.4. The molecule has 0 aromatic heterocycles. The van der Waals surface area contributed by atoms with Gasteiger partial charge in [0.1, 0.15) is 0 Å². The van der Waals surface area contributed by atoms with Crippen molar-refractivity contribution in [3.8, 4) is 11.1 Å². The van der Waals surface area contributed by atoms with Crippen LogP contribution in [-0.4, -0.2) is 4.21 Å². The van der Waals surface area contributed by atoms with Crippen molar-refractivity contribution in [3.05, 3.63) is 148 Å². The first-order chi connectivity index (χ1) is 26.6. The first kappa shape index (κ1) is 46.7. The molecule has 0 radical (unpaired) electrons. The Morgan fingerprint density at radius 1 is 0.550 bits per heavy atom. The van der Waals surface area contributed by atoms with Crippen LogP contribution in [0.2, 0.25) is 0 Å². The van der Waals surface area contributed by atoms with Crippen LogP contribution in [0.3, 0.4) is 0 Å². The Bertz CT molecular complexity index is 2540. The second-order valence-corrected chi connectivity index (χ2v) is 36.7. The van der Waals surface area contributed by atoms with Crippen molar-refractivity contribution in [1.29, 1.82) is 0 Å². The van der Waals surface area contributed by atoms with E-state index in [1.54, 1.807) is 6.56 Å². The van der Waals surface area contributed by atoms with E-state index in [1.807, 2.05) is 0 Å². The molecule has 0 N–H and O–H groups in total. The van der Waals surface area contributed by atoms with Gasteiger partial charge in [-0.15, -0.1) is 24.8 Å². The second kappa shape index (κ2) is 14.3. The first-order valence-electron chi connectivity index (χ1n) is 22.1. The Labute approximate surface area is 377 Å². The molecule has 0 saturated heterocycles. The summed E-state index contributed by atoms with van der Waals surface area (Å²) in [4.78, 5) is 0. The van der Waals surface area contributed by atoms with Crippen molar-refractivity contribution in [3.63, 3.8) is 0 Å². The molecule has 0 heterocycles. The topological polar surface area (TPSA) is 0 Å². The van der Waals surface area contributed by atoms with Crippen LogP contribution in [-0.2, 0) is 46.4 Å². The molecular weight excluding hydrogens is 847 g/mol. The van der Waals surface area contributed by atoms with Crippen molar-refractivity contribution in [1.82, 2.24) is 0 Å². The maximum absolute atomic E-state index is 5.97. The summed E-state index contributed by atoms with van der Waals surface area (Å²) in [5, 5.41) is 0. The third kappa shape index (κ3) is 6.72. The molecule has 0 unspecified atom stereocenters. The summed E-state index contributed by atoms with van der Waals surface area (Å²) in [5.74, 6) is 0. The number of benzene rings is 4. The zero-order chi connectivity index (χ0) is 42.4. The fourth-order valence-corrected chi connectivity index (χ4v) is 29.9. The quantitative estimate of drug-likeness (QED) is 0.169. The Hall–Kier alpha value is -2.83. The van der Waals surface area contributed by atoms with Crippen LogP contribution >= 0.6 is 24.8 Å². The van der Waals surface area contributed by atoms with E-state index in [-0.39, 0.29) is 57.3 Å². The van der Waals surface area contributed by atoms with Gasteiger partial charge in [-0.1, -0.05) is 0 Å². The van der Waals surface area contributed by atoms with E-state index in [0.717, 1.165) is 12.8 Å². The van der Waals surface area contributed by atoms with Gasteiger partial charge in [-0.05, 0) is 0 Å². The van der Waals surface area contributed by atoms with E-state index in [0.29, 0.717) is 0 Å². The molecule has 0 fully saturated rings. The predicted octanol–water partition coefficient (Wildman–Crippen LogP) is 15.1. The summed E-state index contributed by atoms with van der Waals surface area (Å²) in [6, 6.07) is 30.2. The number of rotatable bonds is 4. The Morgan fingerprint density at radius 2 is 1.02 bits per heavy atom. The standard InChI is InChI=1S/C31H37.2C10H13.C5H5.CH2.2ClH.Zr/c1-28(2,3)26-16-30(7,8)24-12-18-11-19-13-25-23(15-21(19)20(18)14-22(24)26)27(29(4,5)6)17-31(25,9)10;2*1-10(2,3)9-7-5-4-6-8-9;1-2-4-5-3-1;;;;/h12-16H,11H2,1-10H3;2*5-8H,1-3H3;1-3H,4H2;1H2;2*1H;. The third-order valence-electron chi connectivity index (χ3n) is 14.8. The number of hydrogen-bond donors (Lipinski definition) is 0. The molecular formula is C57H72Cl2Zr. The molecule has 3 heteroatoms. The average molecular weight is 919 g/mol. The van der Waals surface area contributed by atoms with E-state index in [2.05, 4.69) is 208 Å². The zero-order valence-electron chi connectivity index (χ0n) is 39.7. The zero-order valence-corrected chi connectivity index (χ0v) is 43.8. The van der Waals surface area contributed by atoms with Crippen molar-refractivity contribution < 1.29 is 18.3 Å². The van der Waals surface area contributed by atoms with Crippen molar-refractivity contribution >= 4 is 46.7 Å². The molecule has 0 nitrogen and oxygen atoms in total.